The van der Waals surface area contributed by atoms with Crippen LogP contribution in [-0.4, -0.2) is 23.4 Å². The molecule has 0 amide bonds. The van der Waals surface area contributed by atoms with Gasteiger partial charge in [0.15, 0.2) is 0 Å². The van der Waals surface area contributed by atoms with Crippen molar-refractivity contribution >= 4 is 0 Å². The van der Waals surface area contributed by atoms with Gasteiger partial charge in [-0.1, -0.05) is 19.8 Å². The highest BCUT2D eigenvalue weighted by Crippen LogP contribution is 2.44. The Hall–Kier alpha value is -0.0800. The Labute approximate surface area is 93.0 Å². The average molecular weight is 212 g/mol. The minimum atomic E-state index is 0.285. The van der Waals surface area contributed by atoms with E-state index in [1.165, 1.54) is 38.5 Å². The lowest BCUT2D eigenvalue weighted by Gasteiger charge is -2.24. The third-order valence-corrected chi connectivity index (χ3v) is 4.15. The largest absolute Gasteiger partial charge is 0.396 e. The zero-order valence-corrected chi connectivity index (χ0v) is 9.87. The first-order chi connectivity index (χ1) is 7.24. The summed E-state index contributed by atoms with van der Waals surface area (Å²) in [6.45, 7) is 2.43. The third kappa shape index (κ3) is 2.73. The van der Waals surface area contributed by atoms with Gasteiger partial charge >= 0.3 is 0 Å². The van der Waals surface area contributed by atoms with Gasteiger partial charge in [0.1, 0.15) is 0 Å². The van der Waals surface area contributed by atoms with Gasteiger partial charge in [0, 0.05) is 6.61 Å². The lowest BCUT2D eigenvalue weighted by atomic mass is 9.97. The van der Waals surface area contributed by atoms with Crippen molar-refractivity contribution in [3.8, 4) is 0 Å². The summed E-state index contributed by atoms with van der Waals surface area (Å²) in [7, 11) is 0. The van der Waals surface area contributed by atoms with E-state index in [1.807, 2.05) is 0 Å². The van der Waals surface area contributed by atoms with Crippen molar-refractivity contribution < 1.29 is 9.84 Å². The molecule has 1 aliphatic heterocycles. The summed E-state index contributed by atoms with van der Waals surface area (Å²) in [6, 6.07) is 0. The third-order valence-electron chi connectivity index (χ3n) is 4.15. The van der Waals surface area contributed by atoms with Crippen LogP contribution in [0.5, 0.6) is 0 Å². The topological polar surface area (TPSA) is 29.5 Å². The fraction of sp³-hybridized carbons (Fsp3) is 1.00. The Morgan fingerprint density at radius 1 is 1.33 bits per heavy atom. The molecule has 1 heterocycles. The normalized spacial score (nSPS) is 31.2. The number of aliphatic hydroxyl groups is 1. The van der Waals surface area contributed by atoms with Gasteiger partial charge in [-0.15, -0.1) is 0 Å². The molecule has 0 bridgehead atoms. The highest BCUT2D eigenvalue weighted by atomic mass is 16.5. The second kappa shape index (κ2) is 4.84. The molecule has 1 saturated heterocycles. The van der Waals surface area contributed by atoms with Gasteiger partial charge in [0.2, 0.25) is 0 Å². The predicted octanol–water partition coefficient (Wildman–Crippen LogP) is 2.89. The van der Waals surface area contributed by atoms with Crippen molar-refractivity contribution in [3.05, 3.63) is 0 Å². The van der Waals surface area contributed by atoms with Gasteiger partial charge in [-0.25, -0.2) is 0 Å². The van der Waals surface area contributed by atoms with E-state index in [2.05, 4.69) is 6.92 Å². The predicted molar refractivity (Wildman–Crippen MR) is 60.8 cm³/mol. The molecule has 2 unspecified atom stereocenters. The van der Waals surface area contributed by atoms with E-state index in [-0.39, 0.29) is 5.60 Å². The van der Waals surface area contributed by atoms with E-state index in [0.717, 1.165) is 12.8 Å². The van der Waals surface area contributed by atoms with E-state index in [0.29, 0.717) is 18.6 Å². The summed E-state index contributed by atoms with van der Waals surface area (Å²) in [4.78, 5) is 0. The first-order valence-electron chi connectivity index (χ1n) is 6.53. The maximum absolute atomic E-state index is 8.97. The Kier molecular flexibility index (Phi) is 3.68. The van der Waals surface area contributed by atoms with Crippen molar-refractivity contribution in [2.45, 2.75) is 70.0 Å². The van der Waals surface area contributed by atoms with Gasteiger partial charge < -0.3 is 9.84 Å². The zero-order chi connectivity index (χ0) is 10.7. The molecule has 1 spiro atoms. The van der Waals surface area contributed by atoms with Crippen molar-refractivity contribution in [3.63, 3.8) is 0 Å². The molecule has 15 heavy (non-hydrogen) atoms. The maximum atomic E-state index is 8.97. The van der Waals surface area contributed by atoms with Crippen molar-refractivity contribution in [1.29, 1.82) is 0 Å². The van der Waals surface area contributed by atoms with Crippen LogP contribution >= 0.6 is 0 Å². The van der Waals surface area contributed by atoms with Crippen LogP contribution in [0.15, 0.2) is 0 Å². The first kappa shape index (κ1) is 11.4. The molecule has 88 valence electrons. The Morgan fingerprint density at radius 3 is 2.73 bits per heavy atom. The highest BCUT2D eigenvalue weighted by Gasteiger charge is 2.41. The molecule has 1 aliphatic carbocycles. The van der Waals surface area contributed by atoms with E-state index >= 15 is 0 Å². The van der Waals surface area contributed by atoms with Crippen molar-refractivity contribution in [1.82, 2.24) is 0 Å². The number of ether oxygens (including phenoxy) is 1. The summed E-state index contributed by atoms with van der Waals surface area (Å²) in [5.74, 6) is 0.439. The van der Waals surface area contributed by atoms with Gasteiger partial charge in [-0.3, -0.25) is 0 Å². The molecule has 2 atom stereocenters. The minimum absolute atomic E-state index is 0.285. The standard InChI is InChI=1S/C13H24O2/c1-11(10-14)4-5-12-6-9-13(15-12)7-2-3-8-13/h11-12,14H,2-10H2,1H3. The van der Waals surface area contributed by atoms with E-state index in [1.54, 1.807) is 0 Å². The van der Waals surface area contributed by atoms with Gasteiger partial charge in [0.25, 0.3) is 0 Å². The molecular formula is C13H24O2. The molecule has 2 nitrogen and oxygen atoms in total. The quantitative estimate of drug-likeness (QED) is 0.776. The van der Waals surface area contributed by atoms with Crippen LogP contribution < -0.4 is 0 Å². The molecule has 0 aromatic heterocycles. The molecule has 2 fully saturated rings. The molecule has 2 aliphatic rings. The smallest absolute Gasteiger partial charge is 0.0687 e. The highest BCUT2D eigenvalue weighted by molar-refractivity contribution is 4.92. The van der Waals surface area contributed by atoms with E-state index in [4.69, 9.17) is 9.84 Å². The Bertz CT molecular complexity index is 197. The van der Waals surface area contributed by atoms with Crippen LogP contribution in [0.1, 0.15) is 58.3 Å². The number of hydrogen-bond acceptors (Lipinski definition) is 2. The minimum Gasteiger partial charge on any atom is -0.396 e. The molecule has 0 radical (unpaired) electrons. The average Bonchev–Trinajstić information content (AvgIpc) is 2.86. The van der Waals surface area contributed by atoms with E-state index < -0.39 is 0 Å². The molecule has 0 aromatic rings. The monoisotopic (exact) mass is 212 g/mol. The number of hydrogen-bond donors (Lipinski definition) is 1. The Morgan fingerprint density at radius 2 is 2.07 bits per heavy atom. The first-order valence-corrected chi connectivity index (χ1v) is 6.53. The summed E-state index contributed by atoms with van der Waals surface area (Å²) >= 11 is 0. The summed E-state index contributed by atoms with van der Waals surface area (Å²) in [5.41, 5.74) is 0.285. The fourth-order valence-electron chi connectivity index (χ4n) is 3.05. The second-order valence-corrected chi connectivity index (χ2v) is 5.53. The Balaban J connectivity index is 1.73. The van der Waals surface area contributed by atoms with Gasteiger partial charge in [0.05, 0.1) is 11.7 Å². The van der Waals surface area contributed by atoms with Crippen LogP contribution in [0.4, 0.5) is 0 Å². The summed E-state index contributed by atoms with van der Waals surface area (Å²) in [6.07, 6.45) is 10.6. The second-order valence-electron chi connectivity index (χ2n) is 5.53. The van der Waals surface area contributed by atoms with Crippen molar-refractivity contribution in [2.75, 3.05) is 6.61 Å². The van der Waals surface area contributed by atoms with Crippen LogP contribution in [0.3, 0.4) is 0 Å². The SMILES string of the molecule is CC(CO)CCC1CCC2(CCCC2)O1. The molecule has 1 saturated carbocycles. The molecule has 1 N–H and O–H groups in total. The van der Waals surface area contributed by atoms with Crippen LogP contribution in [0.2, 0.25) is 0 Å². The summed E-state index contributed by atoms with van der Waals surface area (Å²) in [5, 5.41) is 8.97. The molecule has 0 aromatic carbocycles. The van der Waals surface area contributed by atoms with Crippen LogP contribution in [0.25, 0.3) is 0 Å². The lowest BCUT2D eigenvalue weighted by Crippen LogP contribution is -2.25. The molecular weight excluding hydrogens is 188 g/mol. The van der Waals surface area contributed by atoms with E-state index in [9.17, 15) is 0 Å². The van der Waals surface area contributed by atoms with Gasteiger partial charge in [-0.2, -0.15) is 0 Å². The molecule has 2 rings (SSSR count). The van der Waals surface area contributed by atoms with Crippen molar-refractivity contribution in [2.24, 2.45) is 5.92 Å². The number of rotatable bonds is 4. The van der Waals surface area contributed by atoms with Crippen LogP contribution in [0, 0.1) is 5.92 Å². The molecule has 2 heteroatoms. The van der Waals surface area contributed by atoms with Crippen LogP contribution in [-0.2, 0) is 4.74 Å². The lowest BCUT2D eigenvalue weighted by molar-refractivity contribution is -0.0410. The van der Waals surface area contributed by atoms with Gasteiger partial charge in [-0.05, 0) is 44.4 Å². The fourth-order valence-corrected chi connectivity index (χ4v) is 3.05. The number of aliphatic hydroxyl groups excluding tert-OH is 1. The maximum Gasteiger partial charge on any atom is 0.0687 e. The zero-order valence-electron chi connectivity index (χ0n) is 9.87. The summed E-state index contributed by atoms with van der Waals surface area (Å²) < 4.78 is 6.22.